The normalized spacial score (nSPS) is 11.0. The second-order valence-corrected chi connectivity index (χ2v) is 4.09. The van der Waals surface area contributed by atoms with E-state index in [-0.39, 0.29) is 5.69 Å². The first-order valence-corrected chi connectivity index (χ1v) is 5.97. The van der Waals surface area contributed by atoms with Gasteiger partial charge in [-0.3, -0.25) is 15.2 Å². The number of benzene rings is 1. The van der Waals surface area contributed by atoms with Crippen LogP contribution in [0.3, 0.4) is 0 Å². The number of nitrogens with zero attached hydrogens (tertiary/aromatic N) is 4. The lowest BCUT2D eigenvalue weighted by molar-refractivity contribution is -0.384. The summed E-state index contributed by atoms with van der Waals surface area (Å²) in [7, 11) is 0. The van der Waals surface area contributed by atoms with Crippen molar-refractivity contribution in [1.82, 2.24) is 14.9 Å². The monoisotopic (exact) mass is 277 g/mol. The van der Waals surface area contributed by atoms with Gasteiger partial charge in [0.1, 0.15) is 0 Å². The fourth-order valence-electron chi connectivity index (χ4n) is 1.52. The minimum atomic E-state index is -0.446. The molecule has 7 nitrogen and oxygen atoms in total. The molecule has 0 saturated heterocycles. The smallest absolute Gasteiger partial charge is 0.258 e. The number of aromatic amines is 1. The number of hydrogen-bond donors (Lipinski definition) is 1. The zero-order chi connectivity index (χ0) is 13.8. The molecule has 0 saturated carbocycles. The van der Waals surface area contributed by atoms with Crippen LogP contribution in [-0.4, -0.2) is 26.0 Å². The summed E-state index contributed by atoms with van der Waals surface area (Å²) in [6.07, 6.45) is 2.19. The van der Waals surface area contributed by atoms with Crippen LogP contribution < -0.4 is 0 Å². The van der Waals surface area contributed by atoms with Crippen LogP contribution in [0.1, 0.15) is 18.3 Å². The van der Waals surface area contributed by atoms with E-state index < -0.39 is 4.92 Å². The van der Waals surface area contributed by atoms with Gasteiger partial charge in [-0.15, -0.1) is 0 Å². The van der Waals surface area contributed by atoms with Crippen molar-refractivity contribution in [2.45, 2.75) is 13.3 Å². The van der Waals surface area contributed by atoms with Gasteiger partial charge < -0.3 is 0 Å². The highest BCUT2D eigenvalue weighted by Crippen LogP contribution is 2.11. The van der Waals surface area contributed by atoms with E-state index in [0.717, 1.165) is 0 Å². The van der Waals surface area contributed by atoms with Crippen LogP contribution in [0.15, 0.2) is 29.4 Å². The Morgan fingerprint density at radius 1 is 1.63 bits per heavy atom. The van der Waals surface area contributed by atoms with E-state index in [4.69, 9.17) is 12.2 Å². The molecule has 98 valence electrons. The van der Waals surface area contributed by atoms with Gasteiger partial charge in [-0.05, 0) is 12.2 Å². The summed E-state index contributed by atoms with van der Waals surface area (Å²) in [5.74, 6) is 0.701. The Hall–Kier alpha value is -2.35. The SMILES string of the molecule is CCc1n[nH]c(=S)n1N=Cc1cccc([N+](=O)[O-])c1. The van der Waals surface area contributed by atoms with Crippen LogP contribution in [-0.2, 0) is 6.42 Å². The molecule has 0 atom stereocenters. The average molecular weight is 277 g/mol. The first-order valence-electron chi connectivity index (χ1n) is 5.57. The second kappa shape index (κ2) is 5.53. The van der Waals surface area contributed by atoms with E-state index in [0.29, 0.717) is 22.6 Å². The van der Waals surface area contributed by atoms with Gasteiger partial charge in [-0.25, -0.2) is 0 Å². The molecule has 0 unspecified atom stereocenters. The summed E-state index contributed by atoms with van der Waals surface area (Å²) in [5.41, 5.74) is 0.648. The van der Waals surface area contributed by atoms with Crippen LogP contribution in [0, 0.1) is 14.9 Å². The third-order valence-corrected chi connectivity index (χ3v) is 2.70. The molecule has 0 radical (unpaired) electrons. The van der Waals surface area contributed by atoms with Crippen LogP contribution in [0.5, 0.6) is 0 Å². The first kappa shape index (κ1) is 13.1. The van der Waals surface area contributed by atoms with E-state index in [2.05, 4.69) is 15.3 Å². The Kier molecular flexibility index (Phi) is 3.81. The molecular formula is C11H11N5O2S. The molecular weight excluding hydrogens is 266 g/mol. The summed E-state index contributed by atoms with van der Waals surface area (Å²) in [6.45, 7) is 1.93. The lowest BCUT2D eigenvalue weighted by atomic mass is 10.2. The zero-order valence-corrected chi connectivity index (χ0v) is 10.9. The molecule has 1 aromatic heterocycles. The van der Waals surface area contributed by atoms with Crippen LogP contribution >= 0.6 is 12.2 Å². The molecule has 0 aliphatic carbocycles. The van der Waals surface area contributed by atoms with Crippen molar-refractivity contribution in [3.05, 3.63) is 50.5 Å². The van der Waals surface area contributed by atoms with E-state index in [1.54, 1.807) is 12.1 Å². The first-order chi connectivity index (χ1) is 9.11. The fraction of sp³-hybridized carbons (Fsp3) is 0.182. The number of hydrogen-bond acceptors (Lipinski definition) is 5. The summed E-state index contributed by atoms with van der Waals surface area (Å²) in [4.78, 5) is 10.2. The van der Waals surface area contributed by atoms with Gasteiger partial charge in [-0.2, -0.15) is 14.9 Å². The van der Waals surface area contributed by atoms with E-state index in [1.165, 1.54) is 23.0 Å². The Balaban J connectivity index is 2.32. The summed E-state index contributed by atoms with van der Waals surface area (Å²) in [5, 5.41) is 21.5. The molecule has 19 heavy (non-hydrogen) atoms. The predicted octanol–water partition coefficient (Wildman–Crippen LogP) is 2.29. The molecule has 0 amide bonds. The highest BCUT2D eigenvalue weighted by atomic mass is 32.1. The maximum absolute atomic E-state index is 10.7. The highest BCUT2D eigenvalue weighted by Gasteiger charge is 2.05. The van der Waals surface area contributed by atoms with Crippen molar-refractivity contribution in [2.75, 3.05) is 0 Å². The summed E-state index contributed by atoms with van der Waals surface area (Å²) in [6, 6.07) is 6.21. The fourth-order valence-corrected chi connectivity index (χ4v) is 1.71. The van der Waals surface area contributed by atoms with Crippen molar-refractivity contribution in [3.8, 4) is 0 Å². The number of rotatable bonds is 4. The van der Waals surface area contributed by atoms with Gasteiger partial charge in [0.2, 0.25) is 4.77 Å². The van der Waals surface area contributed by atoms with Crippen LogP contribution in [0.4, 0.5) is 5.69 Å². The minimum Gasteiger partial charge on any atom is -0.258 e. The maximum atomic E-state index is 10.7. The zero-order valence-electron chi connectivity index (χ0n) is 10.1. The van der Waals surface area contributed by atoms with E-state index in [1.807, 2.05) is 6.92 Å². The van der Waals surface area contributed by atoms with Crippen LogP contribution in [0.2, 0.25) is 0 Å². The molecule has 2 aromatic rings. The molecule has 2 rings (SSSR count). The number of nitro groups is 1. The van der Waals surface area contributed by atoms with Gasteiger partial charge in [0, 0.05) is 24.1 Å². The van der Waals surface area contributed by atoms with Gasteiger partial charge in [0.25, 0.3) is 5.69 Å². The minimum absolute atomic E-state index is 0.0236. The molecule has 0 fully saturated rings. The topological polar surface area (TPSA) is 89.1 Å². The number of nitro benzene ring substituents is 1. The lowest BCUT2D eigenvalue weighted by Gasteiger charge is -1.97. The third-order valence-electron chi connectivity index (χ3n) is 2.44. The number of non-ortho nitro benzene ring substituents is 1. The van der Waals surface area contributed by atoms with Gasteiger partial charge in [-0.1, -0.05) is 19.1 Å². The third kappa shape index (κ3) is 2.91. The number of H-pyrrole nitrogens is 1. The number of aromatic nitrogens is 3. The standard InChI is InChI=1S/C11H11N5O2S/c1-2-10-13-14-11(19)15(10)12-7-8-4-3-5-9(6-8)16(17)18/h3-7H,2H2,1H3,(H,14,19). The van der Waals surface area contributed by atoms with Gasteiger partial charge in [0.05, 0.1) is 11.1 Å². The largest absolute Gasteiger partial charge is 0.270 e. The molecule has 1 aromatic carbocycles. The molecule has 0 aliphatic rings. The molecule has 8 heteroatoms. The van der Waals surface area contributed by atoms with Crippen molar-refractivity contribution in [1.29, 1.82) is 0 Å². The van der Waals surface area contributed by atoms with Crippen molar-refractivity contribution in [2.24, 2.45) is 5.10 Å². The average Bonchev–Trinajstić information content (AvgIpc) is 2.77. The van der Waals surface area contributed by atoms with Crippen molar-refractivity contribution in [3.63, 3.8) is 0 Å². The molecule has 0 aliphatic heterocycles. The Labute approximate surface area is 113 Å². The van der Waals surface area contributed by atoms with Crippen molar-refractivity contribution >= 4 is 24.1 Å². The van der Waals surface area contributed by atoms with E-state index >= 15 is 0 Å². The molecule has 0 spiro atoms. The molecule has 1 N–H and O–H groups in total. The van der Waals surface area contributed by atoms with Crippen molar-refractivity contribution < 1.29 is 4.92 Å². The molecule has 1 heterocycles. The Morgan fingerprint density at radius 3 is 3.11 bits per heavy atom. The summed E-state index contributed by atoms with van der Waals surface area (Å²) < 4.78 is 1.88. The quantitative estimate of drug-likeness (QED) is 0.402. The lowest BCUT2D eigenvalue weighted by Crippen LogP contribution is -1.97. The maximum Gasteiger partial charge on any atom is 0.270 e. The Bertz CT molecular complexity index is 688. The number of aryl methyl sites for hydroxylation is 1. The van der Waals surface area contributed by atoms with E-state index in [9.17, 15) is 10.1 Å². The Morgan fingerprint density at radius 2 is 2.42 bits per heavy atom. The highest BCUT2D eigenvalue weighted by molar-refractivity contribution is 7.71. The predicted molar refractivity (Wildman–Crippen MR) is 72.9 cm³/mol. The summed E-state index contributed by atoms with van der Waals surface area (Å²) >= 11 is 5.04. The second-order valence-electron chi connectivity index (χ2n) is 3.71. The molecule has 0 bridgehead atoms. The number of nitrogens with one attached hydrogen (secondary N) is 1. The van der Waals surface area contributed by atoms with Crippen LogP contribution in [0.25, 0.3) is 0 Å². The van der Waals surface area contributed by atoms with Gasteiger partial charge in [0.15, 0.2) is 5.82 Å². The van der Waals surface area contributed by atoms with Gasteiger partial charge >= 0.3 is 0 Å².